The molecule has 0 aliphatic heterocycles. The first-order valence-corrected chi connectivity index (χ1v) is 12.5. The monoisotopic (exact) mass is 676 g/mol. The van der Waals surface area contributed by atoms with Crippen LogP contribution >= 0.6 is 45.2 Å². The topological polar surface area (TPSA) is 101 Å². The van der Waals surface area contributed by atoms with Gasteiger partial charge in [0.15, 0.2) is 0 Å². The third kappa shape index (κ3) is 3.86. The van der Waals surface area contributed by atoms with Crippen LogP contribution in [0.4, 0.5) is 0 Å². The summed E-state index contributed by atoms with van der Waals surface area (Å²) in [6, 6.07) is 20.2. The third-order valence-corrected chi connectivity index (χ3v) is 7.58. The van der Waals surface area contributed by atoms with Crippen molar-refractivity contribution in [2.24, 2.45) is 0 Å². The van der Waals surface area contributed by atoms with E-state index in [2.05, 4.69) is 45.2 Å². The number of benzene rings is 5. The number of aromatic hydroxyl groups is 5. The smallest absolute Gasteiger partial charge is 0.142 e. The Hall–Kier alpha value is -2.92. The molecule has 0 saturated heterocycles. The largest absolute Gasteiger partial charge is 0.508 e. The van der Waals surface area contributed by atoms with E-state index in [0.717, 1.165) is 5.56 Å². The van der Waals surface area contributed by atoms with Crippen LogP contribution in [0.3, 0.4) is 0 Å². The van der Waals surface area contributed by atoms with Crippen molar-refractivity contribution >= 4 is 66.7 Å². The van der Waals surface area contributed by atoms with Gasteiger partial charge >= 0.3 is 0 Å². The van der Waals surface area contributed by atoms with Crippen LogP contribution in [0.5, 0.6) is 28.7 Å². The molecule has 5 N–H and O–H groups in total. The van der Waals surface area contributed by atoms with E-state index in [1.165, 1.54) is 0 Å². The Balaban J connectivity index is 1.97. The lowest BCUT2D eigenvalue weighted by Gasteiger charge is -2.24. The highest BCUT2D eigenvalue weighted by Gasteiger charge is 2.26. The maximum absolute atomic E-state index is 10.8. The summed E-state index contributed by atoms with van der Waals surface area (Å²) in [5.74, 6) is -0.294. The van der Waals surface area contributed by atoms with Gasteiger partial charge in [-0.25, -0.2) is 0 Å². The molecule has 0 radical (unpaired) electrons. The molecule has 34 heavy (non-hydrogen) atoms. The first-order chi connectivity index (χ1) is 16.2. The van der Waals surface area contributed by atoms with E-state index in [1.807, 2.05) is 12.1 Å². The molecule has 5 nitrogen and oxygen atoms in total. The minimum absolute atomic E-state index is 0.0231. The van der Waals surface area contributed by atoms with E-state index >= 15 is 0 Å². The Morgan fingerprint density at radius 3 is 1.44 bits per heavy atom. The number of fused-ring (bicyclic) bond motifs is 2. The molecule has 0 bridgehead atoms. The summed E-state index contributed by atoms with van der Waals surface area (Å²) in [4.78, 5) is 0. The molecule has 7 heteroatoms. The van der Waals surface area contributed by atoms with Gasteiger partial charge in [-0.3, -0.25) is 0 Å². The molecule has 0 aromatic heterocycles. The number of halogens is 2. The van der Waals surface area contributed by atoms with Gasteiger partial charge in [-0.2, -0.15) is 0 Å². The van der Waals surface area contributed by atoms with Gasteiger partial charge in [-0.15, -0.1) is 0 Å². The maximum atomic E-state index is 10.8. The lowest BCUT2D eigenvalue weighted by Crippen LogP contribution is -2.07. The molecule has 0 fully saturated rings. The lowest BCUT2D eigenvalue weighted by molar-refractivity contribution is 0.466. The highest BCUT2D eigenvalue weighted by Crippen LogP contribution is 2.47. The number of phenolic OH excluding ortho intramolecular Hbond substituents is 5. The van der Waals surface area contributed by atoms with E-state index in [0.29, 0.717) is 39.8 Å². The fourth-order valence-corrected chi connectivity index (χ4v) is 6.40. The van der Waals surface area contributed by atoms with E-state index in [4.69, 9.17) is 0 Å². The van der Waals surface area contributed by atoms with Gasteiger partial charge < -0.3 is 25.5 Å². The first kappa shape index (κ1) is 22.9. The van der Waals surface area contributed by atoms with Crippen LogP contribution < -0.4 is 0 Å². The summed E-state index contributed by atoms with van der Waals surface area (Å²) in [5.41, 5.74) is 1.96. The highest BCUT2D eigenvalue weighted by molar-refractivity contribution is 14.1. The SMILES string of the molecule is Oc1cc(C(c2cc(I)c(O)c(I)c2)c2cc(O)cc3cccc(O)c23)c2c(O)cccc2c1. The first-order valence-electron chi connectivity index (χ1n) is 10.3. The number of phenols is 5. The summed E-state index contributed by atoms with van der Waals surface area (Å²) in [7, 11) is 0. The van der Waals surface area contributed by atoms with Crippen molar-refractivity contribution in [3.63, 3.8) is 0 Å². The van der Waals surface area contributed by atoms with Crippen LogP contribution in [0.15, 0.2) is 72.8 Å². The minimum Gasteiger partial charge on any atom is -0.508 e. The number of hydrogen-bond acceptors (Lipinski definition) is 5. The van der Waals surface area contributed by atoms with Crippen LogP contribution in [-0.4, -0.2) is 25.5 Å². The van der Waals surface area contributed by atoms with Gasteiger partial charge in [0.2, 0.25) is 0 Å². The Morgan fingerprint density at radius 1 is 0.559 bits per heavy atom. The molecule has 0 spiro atoms. The normalized spacial score (nSPS) is 11.5. The predicted molar refractivity (Wildman–Crippen MR) is 149 cm³/mol. The van der Waals surface area contributed by atoms with E-state index in [1.54, 1.807) is 60.7 Å². The zero-order valence-electron chi connectivity index (χ0n) is 17.5. The summed E-state index contributed by atoms with van der Waals surface area (Å²) in [5, 5.41) is 55.7. The maximum Gasteiger partial charge on any atom is 0.142 e. The molecule has 0 amide bonds. The summed E-state index contributed by atoms with van der Waals surface area (Å²) in [6.07, 6.45) is 0. The molecule has 5 rings (SSSR count). The fourth-order valence-electron chi connectivity index (χ4n) is 4.58. The van der Waals surface area contributed by atoms with Gasteiger partial charge in [0.05, 0.1) is 7.14 Å². The molecule has 5 aromatic rings. The fraction of sp³-hybridized carbons (Fsp3) is 0.0370. The second-order valence-corrected chi connectivity index (χ2v) is 10.4. The molecule has 5 aromatic carbocycles. The molecule has 0 unspecified atom stereocenters. The van der Waals surface area contributed by atoms with Crippen molar-refractivity contribution in [1.82, 2.24) is 0 Å². The lowest BCUT2D eigenvalue weighted by atomic mass is 9.80. The van der Waals surface area contributed by atoms with Crippen molar-refractivity contribution in [2.45, 2.75) is 5.92 Å². The van der Waals surface area contributed by atoms with E-state index in [-0.39, 0.29) is 28.7 Å². The molecule has 0 aliphatic carbocycles. The molecule has 0 atom stereocenters. The Kier molecular flexibility index (Phi) is 5.85. The molecular formula is C27H18I2O5. The van der Waals surface area contributed by atoms with Crippen LogP contribution in [0.1, 0.15) is 22.6 Å². The quantitative estimate of drug-likeness (QED) is 0.106. The van der Waals surface area contributed by atoms with E-state index in [9.17, 15) is 25.5 Å². The zero-order chi connectivity index (χ0) is 24.1. The zero-order valence-corrected chi connectivity index (χ0v) is 21.8. The van der Waals surface area contributed by atoms with Gasteiger partial charge in [0, 0.05) is 16.7 Å². The summed E-state index contributed by atoms with van der Waals surface area (Å²) < 4.78 is 1.26. The van der Waals surface area contributed by atoms with Crippen LogP contribution in [0.25, 0.3) is 21.5 Å². The van der Waals surface area contributed by atoms with Crippen molar-refractivity contribution in [1.29, 1.82) is 0 Å². The molecule has 170 valence electrons. The van der Waals surface area contributed by atoms with Gasteiger partial charge in [-0.05, 0) is 121 Å². The second-order valence-electron chi connectivity index (χ2n) is 8.09. The van der Waals surface area contributed by atoms with Crippen molar-refractivity contribution in [3.05, 3.63) is 96.6 Å². The standard InChI is InChI=1S/C27H18I2O5/c28-20-9-15(10-21(29)27(20)34)24(18-11-16(30)7-13-3-1-5-22(32)25(13)18)19-12-17(31)8-14-4-2-6-23(33)26(14)19/h1-12,24,30-34H. The number of hydrogen-bond donors (Lipinski definition) is 5. The third-order valence-electron chi connectivity index (χ3n) is 5.93. The van der Waals surface area contributed by atoms with Gasteiger partial charge in [0.1, 0.15) is 28.7 Å². The second kappa shape index (κ2) is 8.70. The Morgan fingerprint density at radius 2 is 1.00 bits per heavy atom. The molecular weight excluding hydrogens is 658 g/mol. The Labute approximate surface area is 222 Å². The van der Waals surface area contributed by atoms with Crippen LogP contribution in [-0.2, 0) is 0 Å². The predicted octanol–water partition coefficient (Wildman–Crippen LogP) is 6.91. The number of rotatable bonds is 3. The summed E-state index contributed by atoms with van der Waals surface area (Å²) >= 11 is 4.12. The van der Waals surface area contributed by atoms with Gasteiger partial charge in [0.25, 0.3) is 0 Å². The van der Waals surface area contributed by atoms with Crippen LogP contribution in [0, 0.1) is 7.14 Å². The van der Waals surface area contributed by atoms with E-state index < -0.39 is 5.92 Å². The highest BCUT2D eigenvalue weighted by atomic mass is 127. The molecule has 0 saturated carbocycles. The van der Waals surface area contributed by atoms with Crippen molar-refractivity contribution in [2.75, 3.05) is 0 Å². The average molecular weight is 676 g/mol. The van der Waals surface area contributed by atoms with Gasteiger partial charge in [-0.1, -0.05) is 24.3 Å². The molecule has 0 aliphatic rings. The van der Waals surface area contributed by atoms with Crippen molar-refractivity contribution < 1.29 is 25.5 Å². The average Bonchev–Trinajstić information content (AvgIpc) is 2.77. The van der Waals surface area contributed by atoms with Crippen LogP contribution in [0.2, 0.25) is 0 Å². The van der Waals surface area contributed by atoms with Crippen molar-refractivity contribution in [3.8, 4) is 28.7 Å². The Bertz CT molecular complexity index is 1480. The minimum atomic E-state index is -0.603. The summed E-state index contributed by atoms with van der Waals surface area (Å²) in [6.45, 7) is 0. The molecule has 0 heterocycles.